The van der Waals surface area contributed by atoms with E-state index in [1.807, 2.05) is 30.5 Å². The number of urea groups is 1. The van der Waals surface area contributed by atoms with E-state index < -0.39 is 11.9 Å². The number of benzene rings is 1. The van der Waals surface area contributed by atoms with Gasteiger partial charge >= 0.3 is 6.03 Å². The molecule has 1 aliphatic heterocycles. The third-order valence-corrected chi connectivity index (χ3v) is 5.57. The summed E-state index contributed by atoms with van der Waals surface area (Å²) in [5, 5.41) is 6.03. The highest BCUT2D eigenvalue weighted by atomic mass is 32.2. The molecule has 0 saturated heterocycles. The largest absolute Gasteiger partial charge is 0.376 e. The van der Waals surface area contributed by atoms with Crippen LogP contribution in [0.5, 0.6) is 0 Å². The molecule has 24 heavy (non-hydrogen) atoms. The first-order valence-electron chi connectivity index (χ1n) is 7.33. The Bertz CT molecular complexity index is 789. The van der Waals surface area contributed by atoms with Gasteiger partial charge in [-0.15, -0.1) is 23.1 Å². The van der Waals surface area contributed by atoms with Crippen LogP contribution < -0.4 is 16.4 Å². The van der Waals surface area contributed by atoms with E-state index >= 15 is 0 Å². The fourth-order valence-electron chi connectivity index (χ4n) is 2.59. The molecular formula is C16H17N3O3S2. The van der Waals surface area contributed by atoms with Crippen LogP contribution in [0.1, 0.15) is 20.8 Å². The van der Waals surface area contributed by atoms with Gasteiger partial charge in [-0.3, -0.25) is 10.1 Å². The summed E-state index contributed by atoms with van der Waals surface area (Å²) in [6.45, 7) is 0.996. The predicted octanol–water partition coefficient (Wildman–Crippen LogP) is 3.29. The SMILES string of the molecule is CSc1ccccc1NC(=O)Nc1sc2c(c1C(N)=O)CCOC2. The van der Waals surface area contributed by atoms with E-state index in [-0.39, 0.29) is 0 Å². The molecule has 2 aromatic rings. The van der Waals surface area contributed by atoms with Crippen molar-refractivity contribution in [3.05, 3.63) is 40.3 Å². The summed E-state index contributed by atoms with van der Waals surface area (Å²) in [5.74, 6) is -0.533. The maximum absolute atomic E-state index is 12.3. The molecule has 2 heterocycles. The number of carbonyl (C=O) groups excluding carboxylic acids is 2. The number of ether oxygens (including phenoxy) is 1. The van der Waals surface area contributed by atoms with Crippen molar-refractivity contribution < 1.29 is 14.3 Å². The molecule has 0 unspecified atom stereocenters. The summed E-state index contributed by atoms with van der Waals surface area (Å²) in [7, 11) is 0. The summed E-state index contributed by atoms with van der Waals surface area (Å²) in [4.78, 5) is 26.0. The number of nitrogens with one attached hydrogen (secondary N) is 2. The number of para-hydroxylation sites is 1. The van der Waals surface area contributed by atoms with Gasteiger partial charge in [-0.25, -0.2) is 4.79 Å². The quantitative estimate of drug-likeness (QED) is 0.727. The molecule has 0 atom stereocenters. The number of rotatable bonds is 4. The second-order valence-electron chi connectivity index (χ2n) is 5.15. The third kappa shape index (κ3) is 3.40. The zero-order chi connectivity index (χ0) is 17.1. The Morgan fingerprint density at radius 3 is 2.83 bits per heavy atom. The lowest BCUT2D eigenvalue weighted by Gasteiger charge is -2.12. The molecule has 4 N–H and O–H groups in total. The van der Waals surface area contributed by atoms with Crippen LogP contribution in [0.15, 0.2) is 29.2 Å². The molecule has 126 valence electrons. The summed E-state index contributed by atoms with van der Waals surface area (Å²) in [5.41, 5.74) is 7.51. The highest BCUT2D eigenvalue weighted by Crippen LogP contribution is 2.36. The van der Waals surface area contributed by atoms with Gasteiger partial charge in [0.15, 0.2) is 0 Å². The number of thiophene rings is 1. The second kappa shape index (κ2) is 7.25. The molecule has 0 radical (unpaired) electrons. The molecule has 0 saturated carbocycles. The number of primary amides is 1. The van der Waals surface area contributed by atoms with Crippen LogP contribution in [-0.2, 0) is 17.8 Å². The van der Waals surface area contributed by atoms with Gasteiger partial charge in [0.2, 0.25) is 0 Å². The van der Waals surface area contributed by atoms with Crippen molar-refractivity contribution in [1.29, 1.82) is 0 Å². The van der Waals surface area contributed by atoms with Crippen molar-refractivity contribution in [3.63, 3.8) is 0 Å². The Morgan fingerprint density at radius 1 is 1.29 bits per heavy atom. The third-order valence-electron chi connectivity index (χ3n) is 3.65. The number of hydrogen-bond acceptors (Lipinski definition) is 5. The van der Waals surface area contributed by atoms with Crippen molar-refractivity contribution >= 4 is 45.7 Å². The van der Waals surface area contributed by atoms with Crippen LogP contribution in [0, 0.1) is 0 Å². The summed E-state index contributed by atoms with van der Waals surface area (Å²) < 4.78 is 5.40. The number of carbonyl (C=O) groups is 2. The van der Waals surface area contributed by atoms with Crippen molar-refractivity contribution in [2.24, 2.45) is 5.73 Å². The molecule has 0 spiro atoms. The number of nitrogens with two attached hydrogens (primary N) is 1. The first-order chi connectivity index (χ1) is 11.6. The molecule has 1 aromatic heterocycles. The lowest BCUT2D eigenvalue weighted by molar-refractivity contribution is 0.0991. The van der Waals surface area contributed by atoms with Crippen LogP contribution in [0.4, 0.5) is 15.5 Å². The summed E-state index contributed by atoms with van der Waals surface area (Å²) in [6, 6.07) is 7.11. The molecule has 1 aliphatic rings. The van der Waals surface area contributed by atoms with Crippen molar-refractivity contribution in [2.75, 3.05) is 23.5 Å². The van der Waals surface area contributed by atoms with Crippen LogP contribution in [-0.4, -0.2) is 24.8 Å². The molecule has 3 rings (SSSR count). The molecule has 0 fully saturated rings. The maximum atomic E-state index is 12.3. The van der Waals surface area contributed by atoms with Gasteiger partial charge in [0.25, 0.3) is 5.91 Å². The van der Waals surface area contributed by atoms with E-state index in [4.69, 9.17) is 10.5 Å². The second-order valence-corrected chi connectivity index (χ2v) is 7.11. The van der Waals surface area contributed by atoms with Gasteiger partial charge < -0.3 is 15.8 Å². The zero-order valence-electron chi connectivity index (χ0n) is 13.0. The molecule has 1 aromatic carbocycles. The lowest BCUT2D eigenvalue weighted by atomic mass is 10.1. The van der Waals surface area contributed by atoms with Gasteiger partial charge in [-0.05, 0) is 30.4 Å². The Morgan fingerprint density at radius 2 is 2.08 bits per heavy atom. The normalized spacial score (nSPS) is 13.2. The van der Waals surface area contributed by atoms with E-state index in [1.54, 1.807) is 11.8 Å². The van der Waals surface area contributed by atoms with Crippen molar-refractivity contribution in [2.45, 2.75) is 17.9 Å². The van der Waals surface area contributed by atoms with Crippen LogP contribution in [0.25, 0.3) is 0 Å². The molecule has 6 nitrogen and oxygen atoms in total. The van der Waals surface area contributed by atoms with Gasteiger partial charge in [0.05, 0.1) is 24.5 Å². The first-order valence-corrected chi connectivity index (χ1v) is 9.37. The highest BCUT2D eigenvalue weighted by Gasteiger charge is 2.25. The average molecular weight is 363 g/mol. The van der Waals surface area contributed by atoms with Crippen LogP contribution >= 0.6 is 23.1 Å². The monoisotopic (exact) mass is 363 g/mol. The van der Waals surface area contributed by atoms with Crippen LogP contribution in [0.3, 0.4) is 0 Å². The molecular weight excluding hydrogens is 346 g/mol. The standard InChI is InChI=1S/C16H17N3O3S2/c1-23-11-5-3-2-4-10(11)18-16(21)19-15-13(14(17)20)9-6-7-22-8-12(9)24-15/h2-5H,6-8H2,1H3,(H2,17,20)(H2,18,19,21). The molecule has 0 aliphatic carbocycles. The minimum atomic E-state index is -0.533. The van der Waals surface area contributed by atoms with E-state index in [0.29, 0.717) is 35.9 Å². The summed E-state index contributed by atoms with van der Waals surface area (Å²) in [6.07, 6.45) is 2.57. The van der Waals surface area contributed by atoms with E-state index in [2.05, 4.69) is 10.6 Å². The van der Waals surface area contributed by atoms with E-state index in [0.717, 1.165) is 15.3 Å². The predicted molar refractivity (Wildman–Crippen MR) is 97.1 cm³/mol. The van der Waals surface area contributed by atoms with Gasteiger partial charge in [-0.1, -0.05) is 12.1 Å². The fraction of sp³-hybridized carbons (Fsp3) is 0.250. The maximum Gasteiger partial charge on any atom is 0.324 e. The number of amides is 3. The van der Waals surface area contributed by atoms with Crippen molar-refractivity contribution in [3.8, 4) is 0 Å². The van der Waals surface area contributed by atoms with Gasteiger partial charge in [0, 0.05) is 9.77 Å². The topological polar surface area (TPSA) is 93.5 Å². The zero-order valence-corrected chi connectivity index (χ0v) is 14.7. The Kier molecular flexibility index (Phi) is 5.08. The smallest absolute Gasteiger partial charge is 0.324 e. The molecule has 3 amide bonds. The van der Waals surface area contributed by atoms with Gasteiger partial charge in [-0.2, -0.15) is 0 Å². The number of anilines is 2. The molecule has 8 heteroatoms. The summed E-state index contributed by atoms with van der Waals surface area (Å²) >= 11 is 2.88. The van der Waals surface area contributed by atoms with E-state index in [1.165, 1.54) is 11.3 Å². The Labute approximate surface area is 147 Å². The van der Waals surface area contributed by atoms with Crippen molar-refractivity contribution in [1.82, 2.24) is 0 Å². The lowest BCUT2D eigenvalue weighted by Crippen LogP contribution is -2.22. The fourth-order valence-corrected chi connectivity index (χ4v) is 4.32. The Hall–Kier alpha value is -2.03. The van der Waals surface area contributed by atoms with Crippen LogP contribution in [0.2, 0.25) is 0 Å². The number of thioether (sulfide) groups is 1. The Balaban J connectivity index is 1.82. The average Bonchev–Trinajstić information content (AvgIpc) is 2.93. The first kappa shape index (κ1) is 16.8. The number of fused-ring (bicyclic) bond motifs is 1. The number of hydrogen-bond donors (Lipinski definition) is 3. The van der Waals surface area contributed by atoms with E-state index in [9.17, 15) is 9.59 Å². The van der Waals surface area contributed by atoms with Gasteiger partial charge in [0.1, 0.15) is 5.00 Å². The minimum absolute atomic E-state index is 0.395. The molecule has 0 bridgehead atoms. The highest BCUT2D eigenvalue weighted by molar-refractivity contribution is 7.98. The minimum Gasteiger partial charge on any atom is -0.376 e.